The molecule has 0 atom stereocenters. The molecule has 2 aromatic rings. The third kappa shape index (κ3) is 4.11. The van der Waals surface area contributed by atoms with Crippen LogP contribution in [0.4, 0.5) is 10.7 Å². The zero-order valence-electron chi connectivity index (χ0n) is 12.9. The number of ether oxygens (including phenoxy) is 1. The third-order valence-electron chi connectivity index (χ3n) is 2.86. The second kappa shape index (κ2) is 6.03. The molecule has 0 aliphatic carbocycles. The van der Waals surface area contributed by atoms with Crippen molar-refractivity contribution >= 4 is 23.1 Å². The number of aromatic nitrogens is 2. The van der Waals surface area contributed by atoms with Gasteiger partial charge in [0.05, 0.1) is 11.0 Å². The number of para-hydroxylation sites is 2. The number of imidazole rings is 1. The predicted molar refractivity (Wildman–Crippen MR) is 83.4 cm³/mol. The normalized spacial score (nSPS) is 11.4. The summed E-state index contributed by atoms with van der Waals surface area (Å²) < 4.78 is 7.15. The molecule has 6 heteroatoms. The Morgan fingerprint density at radius 1 is 1.29 bits per heavy atom. The van der Waals surface area contributed by atoms with Crippen molar-refractivity contribution in [3.8, 4) is 0 Å². The van der Waals surface area contributed by atoms with E-state index in [0.717, 1.165) is 17.0 Å². The first-order valence-corrected chi connectivity index (χ1v) is 6.99. The van der Waals surface area contributed by atoms with E-state index in [0.29, 0.717) is 13.1 Å². The van der Waals surface area contributed by atoms with Crippen molar-refractivity contribution in [2.75, 3.05) is 18.4 Å². The smallest absolute Gasteiger partial charge is 0.407 e. The highest BCUT2D eigenvalue weighted by molar-refractivity contribution is 5.78. The summed E-state index contributed by atoms with van der Waals surface area (Å²) in [7, 11) is 1.96. The van der Waals surface area contributed by atoms with Crippen LogP contribution in [0.2, 0.25) is 0 Å². The zero-order chi connectivity index (χ0) is 15.5. The SMILES string of the molecule is Cn1c(NCCNC(=O)OC(C)(C)C)nc2ccccc21. The van der Waals surface area contributed by atoms with Crippen LogP contribution in [0.5, 0.6) is 0 Å². The maximum atomic E-state index is 11.5. The fraction of sp³-hybridized carbons (Fsp3) is 0.467. The van der Waals surface area contributed by atoms with Crippen LogP contribution in [0.1, 0.15) is 20.8 Å². The van der Waals surface area contributed by atoms with Crippen LogP contribution in [0.15, 0.2) is 24.3 Å². The summed E-state index contributed by atoms with van der Waals surface area (Å²) in [5, 5.41) is 5.90. The second-order valence-corrected chi connectivity index (χ2v) is 5.84. The Labute approximate surface area is 124 Å². The van der Waals surface area contributed by atoms with Gasteiger partial charge in [0, 0.05) is 20.1 Å². The van der Waals surface area contributed by atoms with Gasteiger partial charge in [-0.25, -0.2) is 9.78 Å². The molecule has 0 saturated carbocycles. The van der Waals surface area contributed by atoms with E-state index < -0.39 is 11.7 Å². The molecule has 2 N–H and O–H groups in total. The number of benzene rings is 1. The van der Waals surface area contributed by atoms with E-state index >= 15 is 0 Å². The first-order chi connectivity index (χ1) is 9.87. The minimum atomic E-state index is -0.477. The van der Waals surface area contributed by atoms with E-state index in [-0.39, 0.29) is 0 Å². The largest absolute Gasteiger partial charge is 0.444 e. The summed E-state index contributed by atoms with van der Waals surface area (Å²) >= 11 is 0. The summed E-state index contributed by atoms with van der Waals surface area (Å²) in [5.74, 6) is 0.780. The van der Waals surface area contributed by atoms with Gasteiger partial charge in [0.25, 0.3) is 0 Å². The van der Waals surface area contributed by atoms with E-state index in [1.807, 2.05) is 56.7 Å². The number of carbonyl (C=O) groups excluding carboxylic acids is 1. The maximum Gasteiger partial charge on any atom is 0.407 e. The molecule has 0 radical (unpaired) electrons. The lowest BCUT2D eigenvalue weighted by Gasteiger charge is -2.19. The van der Waals surface area contributed by atoms with Gasteiger partial charge in [-0.15, -0.1) is 0 Å². The zero-order valence-corrected chi connectivity index (χ0v) is 12.9. The number of nitrogens with zero attached hydrogens (tertiary/aromatic N) is 2. The Morgan fingerprint density at radius 2 is 2.00 bits per heavy atom. The monoisotopic (exact) mass is 290 g/mol. The molecule has 2 rings (SSSR count). The van der Waals surface area contributed by atoms with Gasteiger partial charge in [0.15, 0.2) is 0 Å². The van der Waals surface area contributed by atoms with E-state index in [2.05, 4.69) is 15.6 Å². The average molecular weight is 290 g/mol. The Hall–Kier alpha value is -2.24. The number of hydrogen-bond donors (Lipinski definition) is 2. The highest BCUT2D eigenvalue weighted by atomic mass is 16.6. The standard InChI is InChI=1S/C15H22N4O2/c1-15(2,3)21-14(20)17-10-9-16-13-18-11-7-5-6-8-12(11)19(13)4/h5-8H,9-10H2,1-4H3,(H,16,18)(H,17,20). The molecule has 0 saturated heterocycles. The van der Waals surface area contributed by atoms with Crippen LogP contribution in [0.3, 0.4) is 0 Å². The second-order valence-electron chi connectivity index (χ2n) is 5.84. The molecule has 0 aliphatic rings. The van der Waals surface area contributed by atoms with Crippen molar-refractivity contribution in [1.29, 1.82) is 0 Å². The van der Waals surface area contributed by atoms with Crippen molar-refractivity contribution in [2.24, 2.45) is 7.05 Å². The maximum absolute atomic E-state index is 11.5. The molecule has 21 heavy (non-hydrogen) atoms. The lowest BCUT2D eigenvalue weighted by molar-refractivity contribution is 0.0530. The molecule has 0 spiro atoms. The van der Waals surface area contributed by atoms with E-state index in [4.69, 9.17) is 4.74 Å². The van der Waals surface area contributed by atoms with Gasteiger partial charge in [0.1, 0.15) is 5.60 Å². The molecule has 0 fully saturated rings. The van der Waals surface area contributed by atoms with Crippen molar-refractivity contribution in [1.82, 2.24) is 14.9 Å². The van der Waals surface area contributed by atoms with Gasteiger partial charge in [-0.1, -0.05) is 12.1 Å². The number of hydrogen-bond acceptors (Lipinski definition) is 4. The molecule has 0 unspecified atom stereocenters. The highest BCUT2D eigenvalue weighted by Gasteiger charge is 2.15. The van der Waals surface area contributed by atoms with Crippen molar-refractivity contribution < 1.29 is 9.53 Å². The minimum Gasteiger partial charge on any atom is -0.444 e. The number of amides is 1. The van der Waals surface area contributed by atoms with Crippen LogP contribution in [-0.2, 0) is 11.8 Å². The summed E-state index contributed by atoms with van der Waals surface area (Å²) in [5.41, 5.74) is 1.54. The van der Waals surface area contributed by atoms with Gasteiger partial charge >= 0.3 is 6.09 Å². The summed E-state index contributed by atoms with van der Waals surface area (Å²) in [6.45, 7) is 6.56. The van der Waals surface area contributed by atoms with Crippen LogP contribution in [0.25, 0.3) is 11.0 Å². The van der Waals surface area contributed by atoms with E-state index in [9.17, 15) is 4.79 Å². The number of nitrogens with one attached hydrogen (secondary N) is 2. The van der Waals surface area contributed by atoms with Crippen LogP contribution < -0.4 is 10.6 Å². The molecule has 6 nitrogen and oxygen atoms in total. The quantitative estimate of drug-likeness (QED) is 0.849. The number of aryl methyl sites for hydroxylation is 1. The summed E-state index contributed by atoms with van der Waals surface area (Å²) in [6.07, 6.45) is -0.408. The van der Waals surface area contributed by atoms with E-state index in [1.165, 1.54) is 0 Å². The third-order valence-corrected chi connectivity index (χ3v) is 2.86. The molecule has 1 aromatic carbocycles. The predicted octanol–water partition coefficient (Wildman–Crippen LogP) is 2.51. The topological polar surface area (TPSA) is 68.2 Å². The number of anilines is 1. The lowest BCUT2D eigenvalue weighted by Crippen LogP contribution is -2.35. The molecule has 0 bridgehead atoms. The Morgan fingerprint density at radius 3 is 2.67 bits per heavy atom. The number of alkyl carbamates (subject to hydrolysis) is 1. The Balaban J connectivity index is 1.83. The van der Waals surface area contributed by atoms with Crippen molar-refractivity contribution in [2.45, 2.75) is 26.4 Å². The first kappa shape index (κ1) is 15.2. The van der Waals surface area contributed by atoms with Crippen LogP contribution >= 0.6 is 0 Å². The summed E-state index contributed by atoms with van der Waals surface area (Å²) in [6, 6.07) is 7.94. The Bertz CT molecular complexity index is 628. The van der Waals surface area contributed by atoms with Crippen molar-refractivity contribution in [3.05, 3.63) is 24.3 Å². The molecule has 1 amide bonds. The van der Waals surface area contributed by atoms with Gasteiger partial charge in [-0.3, -0.25) is 0 Å². The van der Waals surface area contributed by atoms with Gasteiger partial charge < -0.3 is 19.9 Å². The van der Waals surface area contributed by atoms with Gasteiger partial charge in [-0.2, -0.15) is 0 Å². The fourth-order valence-electron chi connectivity index (χ4n) is 1.96. The van der Waals surface area contributed by atoms with Crippen LogP contribution in [0, 0.1) is 0 Å². The number of carbonyl (C=O) groups is 1. The van der Waals surface area contributed by atoms with Crippen LogP contribution in [-0.4, -0.2) is 34.3 Å². The average Bonchev–Trinajstić information content (AvgIpc) is 2.70. The number of fused-ring (bicyclic) bond motifs is 1. The van der Waals surface area contributed by atoms with Crippen molar-refractivity contribution in [3.63, 3.8) is 0 Å². The molecule has 1 heterocycles. The number of rotatable bonds is 4. The lowest BCUT2D eigenvalue weighted by atomic mass is 10.2. The molecular formula is C15H22N4O2. The van der Waals surface area contributed by atoms with Gasteiger partial charge in [-0.05, 0) is 32.9 Å². The highest BCUT2D eigenvalue weighted by Crippen LogP contribution is 2.17. The molecule has 1 aromatic heterocycles. The first-order valence-electron chi connectivity index (χ1n) is 6.99. The Kier molecular flexibility index (Phi) is 4.35. The molecular weight excluding hydrogens is 268 g/mol. The summed E-state index contributed by atoms with van der Waals surface area (Å²) in [4.78, 5) is 16.0. The van der Waals surface area contributed by atoms with Gasteiger partial charge in [0.2, 0.25) is 5.95 Å². The van der Waals surface area contributed by atoms with E-state index in [1.54, 1.807) is 0 Å². The minimum absolute atomic E-state index is 0.408. The molecule has 114 valence electrons. The fourth-order valence-corrected chi connectivity index (χ4v) is 1.96. The molecule has 0 aliphatic heterocycles.